The molecule has 6 unspecified atom stereocenters. The summed E-state index contributed by atoms with van der Waals surface area (Å²) in [6.07, 6.45) is 14.5. The third-order valence-electron chi connectivity index (χ3n) is 8.95. The van der Waals surface area contributed by atoms with E-state index in [2.05, 4.69) is 52.1 Å². The molecule has 5 aliphatic carbocycles. The maximum absolute atomic E-state index is 6.87. The molecule has 6 atom stereocenters. The molecule has 28 heavy (non-hydrogen) atoms. The van der Waals surface area contributed by atoms with Crippen LogP contribution in [0, 0.1) is 35.0 Å². The van der Waals surface area contributed by atoms with Crippen molar-refractivity contribution in [3.05, 3.63) is 23.3 Å². The van der Waals surface area contributed by atoms with Gasteiger partial charge in [-0.3, -0.25) is 0 Å². The predicted octanol–water partition coefficient (Wildman–Crippen LogP) is 6.14. The van der Waals surface area contributed by atoms with Gasteiger partial charge in [0, 0.05) is 13.1 Å². The average Bonchev–Trinajstić information content (AvgIpc) is 2.84. The first-order chi connectivity index (χ1) is 13.4. The van der Waals surface area contributed by atoms with Gasteiger partial charge in [0.2, 0.25) is 0 Å². The molecule has 5 aliphatic rings. The maximum Gasteiger partial charge on any atom is 0.0762 e. The Bertz CT molecular complexity index is 626. The van der Waals surface area contributed by atoms with Gasteiger partial charge in [-0.05, 0) is 101 Å². The van der Waals surface area contributed by atoms with Crippen LogP contribution in [0.2, 0.25) is 0 Å². The van der Waals surface area contributed by atoms with E-state index in [1.54, 1.807) is 6.42 Å². The lowest BCUT2D eigenvalue weighted by Gasteiger charge is -2.64. The minimum Gasteiger partial charge on any atom is -0.373 e. The van der Waals surface area contributed by atoms with Crippen molar-refractivity contribution in [1.82, 2.24) is 5.32 Å². The molecule has 0 saturated heterocycles. The first kappa shape index (κ1) is 20.7. The Kier molecular flexibility index (Phi) is 5.84. The summed E-state index contributed by atoms with van der Waals surface area (Å²) in [4.78, 5) is 0. The van der Waals surface area contributed by atoms with Crippen molar-refractivity contribution in [3.63, 3.8) is 0 Å². The van der Waals surface area contributed by atoms with E-state index in [9.17, 15) is 0 Å². The fourth-order valence-corrected chi connectivity index (χ4v) is 7.92. The van der Waals surface area contributed by atoms with Crippen molar-refractivity contribution < 1.29 is 4.74 Å². The number of allylic oxidation sites excluding steroid dienone is 3. The normalized spacial score (nSPS) is 40.7. The largest absolute Gasteiger partial charge is 0.373 e. The minimum atomic E-state index is 0.172. The first-order valence-electron chi connectivity index (χ1n) is 12.0. The van der Waals surface area contributed by atoms with E-state index < -0.39 is 0 Å². The lowest BCUT2D eigenvalue weighted by atomic mass is 9.42. The molecule has 4 bridgehead atoms. The van der Waals surface area contributed by atoms with Crippen molar-refractivity contribution in [2.24, 2.45) is 35.0 Å². The number of hydrogen-bond acceptors (Lipinski definition) is 2. The van der Waals surface area contributed by atoms with E-state index in [0.29, 0.717) is 5.92 Å². The van der Waals surface area contributed by atoms with Gasteiger partial charge in [-0.1, -0.05) is 37.1 Å². The predicted molar refractivity (Wildman–Crippen MR) is 118 cm³/mol. The second-order valence-corrected chi connectivity index (χ2v) is 11.1. The topological polar surface area (TPSA) is 21.3 Å². The summed E-state index contributed by atoms with van der Waals surface area (Å²) in [6, 6.07) is 0. The number of hydrogen-bond donors (Lipinski definition) is 1. The van der Waals surface area contributed by atoms with Gasteiger partial charge >= 0.3 is 0 Å². The summed E-state index contributed by atoms with van der Waals surface area (Å²) in [5.41, 5.74) is 3.85. The number of fused-ring (bicyclic) bond motifs is 1. The van der Waals surface area contributed by atoms with Gasteiger partial charge in [-0.25, -0.2) is 0 Å². The van der Waals surface area contributed by atoms with Crippen LogP contribution in [0.1, 0.15) is 79.6 Å². The molecule has 1 N–H and O–H groups in total. The summed E-state index contributed by atoms with van der Waals surface area (Å²) < 4.78 is 6.87. The van der Waals surface area contributed by atoms with Crippen LogP contribution in [0.5, 0.6) is 0 Å². The van der Waals surface area contributed by atoms with Crippen LogP contribution in [-0.2, 0) is 4.74 Å². The highest BCUT2D eigenvalue weighted by Gasteiger charge is 2.72. The first-order valence-corrected chi connectivity index (χ1v) is 12.0. The Morgan fingerprint density at radius 1 is 1.07 bits per heavy atom. The molecular formula is C26H43NO. The van der Waals surface area contributed by atoms with Crippen molar-refractivity contribution >= 4 is 0 Å². The fraction of sp³-hybridized carbons (Fsp3) is 0.846. The monoisotopic (exact) mass is 385 g/mol. The molecule has 5 rings (SSSR count). The zero-order valence-corrected chi connectivity index (χ0v) is 19.0. The SMILES string of the molecule is CC(C)=CCCC(C)=CCNCCOC1(C(C)C)C2CC3CC4(C2)CC1CC34. The Hall–Kier alpha value is -0.600. The Labute approximate surface area is 173 Å². The molecule has 0 aromatic carbocycles. The van der Waals surface area contributed by atoms with Crippen LogP contribution in [-0.4, -0.2) is 25.3 Å². The second kappa shape index (κ2) is 7.91. The molecule has 1 spiro atoms. The molecule has 0 aliphatic heterocycles. The van der Waals surface area contributed by atoms with E-state index >= 15 is 0 Å². The highest BCUT2D eigenvalue weighted by atomic mass is 16.5. The van der Waals surface area contributed by atoms with Gasteiger partial charge in [0.25, 0.3) is 0 Å². The van der Waals surface area contributed by atoms with E-state index in [1.807, 2.05) is 0 Å². The smallest absolute Gasteiger partial charge is 0.0762 e. The van der Waals surface area contributed by atoms with Gasteiger partial charge in [-0.2, -0.15) is 0 Å². The summed E-state index contributed by atoms with van der Waals surface area (Å²) in [5.74, 6) is 4.43. The van der Waals surface area contributed by atoms with Crippen LogP contribution >= 0.6 is 0 Å². The summed E-state index contributed by atoms with van der Waals surface area (Å²) in [5, 5.41) is 3.60. The summed E-state index contributed by atoms with van der Waals surface area (Å²) in [7, 11) is 0. The van der Waals surface area contributed by atoms with Crippen molar-refractivity contribution in [1.29, 1.82) is 0 Å². The molecule has 0 aromatic heterocycles. The molecule has 2 nitrogen and oxygen atoms in total. The molecule has 158 valence electrons. The molecule has 0 aromatic rings. The van der Waals surface area contributed by atoms with Gasteiger partial charge in [-0.15, -0.1) is 0 Å². The van der Waals surface area contributed by atoms with Gasteiger partial charge in [0.1, 0.15) is 0 Å². The quantitative estimate of drug-likeness (QED) is 0.360. The fourth-order valence-electron chi connectivity index (χ4n) is 7.92. The van der Waals surface area contributed by atoms with Crippen LogP contribution in [0.3, 0.4) is 0 Å². The maximum atomic E-state index is 6.87. The minimum absolute atomic E-state index is 0.172. The molecule has 0 heterocycles. The third kappa shape index (κ3) is 3.43. The van der Waals surface area contributed by atoms with Gasteiger partial charge in [0.05, 0.1) is 12.2 Å². The molecule has 0 radical (unpaired) electrons. The van der Waals surface area contributed by atoms with Crippen LogP contribution in [0.25, 0.3) is 0 Å². The number of nitrogens with one attached hydrogen (secondary N) is 1. The Morgan fingerprint density at radius 3 is 2.54 bits per heavy atom. The zero-order valence-electron chi connectivity index (χ0n) is 19.0. The molecular weight excluding hydrogens is 342 g/mol. The third-order valence-corrected chi connectivity index (χ3v) is 8.95. The lowest BCUT2D eigenvalue weighted by Crippen LogP contribution is -2.61. The Balaban J connectivity index is 1.24. The van der Waals surface area contributed by atoms with Crippen molar-refractivity contribution in [3.8, 4) is 0 Å². The number of rotatable bonds is 10. The molecule has 5 saturated carbocycles. The van der Waals surface area contributed by atoms with E-state index in [1.165, 1.54) is 43.3 Å². The standard InChI is InChI=1S/C26H43NO/c1-18(2)7-6-8-20(5)9-10-27-11-12-28-26(19(3)4)22-13-21-15-25(16-22)17-23(26)14-24(21)25/h7,9,19,21-24,27H,6,8,10-17H2,1-5H3. The molecule has 2 heteroatoms. The highest BCUT2D eigenvalue weighted by Crippen LogP contribution is 2.77. The number of ether oxygens (including phenoxy) is 1. The van der Waals surface area contributed by atoms with Crippen LogP contribution in [0.15, 0.2) is 23.3 Å². The van der Waals surface area contributed by atoms with Crippen molar-refractivity contribution in [2.75, 3.05) is 19.7 Å². The van der Waals surface area contributed by atoms with Gasteiger partial charge in [0.15, 0.2) is 0 Å². The lowest BCUT2D eigenvalue weighted by molar-refractivity contribution is -0.219. The molecule has 0 amide bonds. The van der Waals surface area contributed by atoms with E-state index in [0.717, 1.165) is 55.2 Å². The zero-order chi connectivity index (χ0) is 19.9. The van der Waals surface area contributed by atoms with Crippen LogP contribution < -0.4 is 5.32 Å². The second-order valence-electron chi connectivity index (χ2n) is 11.1. The highest BCUT2D eigenvalue weighted by molar-refractivity contribution is 5.22. The summed E-state index contributed by atoms with van der Waals surface area (Å²) >= 11 is 0. The van der Waals surface area contributed by atoms with Crippen LogP contribution in [0.4, 0.5) is 0 Å². The van der Waals surface area contributed by atoms with Crippen molar-refractivity contribution in [2.45, 2.75) is 85.2 Å². The Morgan fingerprint density at radius 2 is 1.82 bits per heavy atom. The summed E-state index contributed by atoms with van der Waals surface area (Å²) in [6.45, 7) is 14.3. The average molecular weight is 386 g/mol. The van der Waals surface area contributed by atoms with E-state index in [-0.39, 0.29) is 5.60 Å². The molecule has 5 fully saturated rings. The van der Waals surface area contributed by atoms with Gasteiger partial charge < -0.3 is 10.1 Å². The van der Waals surface area contributed by atoms with E-state index in [4.69, 9.17) is 4.74 Å².